The van der Waals surface area contributed by atoms with Gasteiger partial charge in [0.2, 0.25) is 0 Å². The maximum absolute atomic E-state index is 9.42. The van der Waals surface area contributed by atoms with Crippen molar-refractivity contribution in [1.82, 2.24) is 0 Å². The second-order valence-electron chi connectivity index (χ2n) is 7.56. The van der Waals surface area contributed by atoms with Gasteiger partial charge in [-0.1, -0.05) is 47.6 Å². The summed E-state index contributed by atoms with van der Waals surface area (Å²) in [7, 11) is -1.92. The van der Waals surface area contributed by atoms with Crippen LogP contribution in [-0.2, 0) is 4.43 Å². The Morgan fingerprint density at radius 3 is 1.83 bits per heavy atom. The second-order valence-corrected chi connectivity index (χ2v) is 12.3. The van der Waals surface area contributed by atoms with Gasteiger partial charge in [0.25, 0.3) is 0 Å². The summed E-state index contributed by atoms with van der Waals surface area (Å²) in [6.07, 6.45) is 1.46. The average molecular weight is 267 g/mol. The highest BCUT2D eigenvalue weighted by molar-refractivity contribution is 6.74. The Morgan fingerprint density at radius 1 is 1.17 bits per heavy atom. The minimum Gasteiger partial charge on any atom is -0.401 e. The number of hydrogen-bond acceptors (Lipinski definition) is 2. The highest BCUT2D eigenvalue weighted by Crippen LogP contribution is 2.40. The van der Waals surface area contributed by atoms with Crippen molar-refractivity contribution < 1.29 is 4.43 Å². The van der Waals surface area contributed by atoms with Gasteiger partial charge in [0.05, 0.1) is 6.07 Å². The van der Waals surface area contributed by atoms with Gasteiger partial charge in [0.1, 0.15) is 6.10 Å². The summed E-state index contributed by atoms with van der Waals surface area (Å²) >= 11 is 0. The molecule has 2 nitrogen and oxygen atoms in total. The van der Waals surface area contributed by atoms with E-state index in [4.69, 9.17) is 4.43 Å². The van der Waals surface area contributed by atoms with Gasteiger partial charge in [-0.3, -0.25) is 0 Å². The van der Waals surface area contributed by atoms with Crippen molar-refractivity contribution in [3.63, 3.8) is 0 Å². The molecule has 0 N–H and O–H groups in total. The third-order valence-electron chi connectivity index (χ3n) is 3.94. The zero-order valence-corrected chi connectivity index (χ0v) is 14.3. The molecule has 0 aromatic rings. The molecule has 3 heteroatoms. The van der Waals surface area contributed by atoms with Gasteiger partial charge in [0.15, 0.2) is 8.32 Å². The third-order valence-corrected chi connectivity index (χ3v) is 8.39. The first-order chi connectivity index (χ1) is 7.86. The monoisotopic (exact) mass is 267 g/mol. The predicted octanol–water partition coefficient (Wildman–Crippen LogP) is 4.75. The van der Waals surface area contributed by atoms with E-state index in [2.05, 4.69) is 67.3 Å². The largest absolute Gasteiger partial charge is 0.401 e. The Bertz CT molecular complexity index is 328. The lowest BCUT2D eigenvalue weighted by Crippen LogP contribution is -2.47. The fourth-order valence-electron chi connectivity index (χ4n) is 1.61. The maximum Gasteiger partial charge on any atom is 0.193 e. The minimum atomic E-state index is -1.92. The quantitative estimate of drug-likeness (QED) is 0.544. The molecular weight excluding hydrogens is 238 g/mol. The molecular formula is C15H29NOSi. The summed E-state index contributed by atoms with van der Waals surface area (Å²) in [6.45, 7) is 21.2. The van der Waals surface area contributed by atoms with Gasteiger partial charge in [-0.25, -0.2) is 0 Å². The molecule has 0 fully saturated rings. The zero-order chi connectivity index (χ0) is 14.8. The fraction of sp³-hybridized carbons (Fsp3) is 0.800. The molecule has 0 aliphatic carbocycles. The van der Waals surface area contributed by atoms with Crippen LogP contribution in [0.5, 0.6) is 0 Å². The van der Waals surface area contributed by atoms with Gasteiger partial charge in [0, 0.05) is 5.92 Å². The van der Waals surface area contributed by atoms with E-state index in [0.717, 1.165) is 0 Å². The standard InChI is InChI=1S/C15H29NOSi/c1-10-12(14(2,3)4)13(11-16)17-18(8,9)15(5,6)7/h10,12-13H,1H2,2-9H3/t12-,13-/m0/s1. The highest BCUT2D eigenvalue weighted by Gasteiger charge is 2.42. The molecule has 0 rings (SSSR count). The topological polar surface area (TPSA) is 33.0 Å². The Balaban J connectivity index is 5.15. The van der Waals surface area contributed by atoms with Crippen molar-refractivity contribution in [3.05, 3.63) is 12.7 Å². The van der Waals surface area contributed by atoms with Crippen molar-refractivity contribution in [2.24, 2.45) is 11.3 Å². The molecule has 0 amide bonds. The number of hydrogen-bond donors (Lipinski definition) is 0. The van der Waals surface area contributed by atoms with E-state index in [9.17, 15) is 5.26 Å². The third kappa shape index (κ3) is 4.26. The maximum atomic E-state index is 9.42. The number of rotatable bonds is 4. The lowest BCUT2D eigenvalue weighted by atomic mass is 9.78. The Labute approximate surface area is 114 Å². The van der Waals surface area contributed by atoms with Gasteiger partial charge >= 0.3 is 0 Å². The van der Waals surface area contributed by atoms with Gasteiger partial charge in [-0.15, -0.1) is 6.58 Å². The van der Waals surface area contributed by atoms with Gasteiger partial charge in [-0.05, 0) is 23.5 Å². The zero-order valence-electron chi connectivity index (χ0n) is 13.3. The summed E-state index contributed by atoms with van der Waals surface area (Å²) in [5.74, 6) is 0.0524. The second kappa shape index (κ2) is 5.58. The van der Waals surface area contributed by atoms with Crippen molar-refractivity contribution in [2.75, 3.05) is 0 Å². The van der Waals surface area contributed by atoms with Crippen LogP contribution in [0.4, 0.5) is 0 Å². The minimum absolute atomic E-state index is 0.00941. The van der Waals surface area contributed by atoms with Crippen LogP contribution in [0.1, 0.15) is 41.5 Å². The lowest BCUT2D eigenvalue weighted by Gasteiger charge is -2.41. The van der Waals surface area contributed by atoms with Crippen molar-refractivity contribution in [3.8, 4) is 6.07 Å². The van der Waals surface area contributed by atoms with Crippen LogP contribution >= 0.6 is 0 Å². The van der Waals surface area contributed by atoms with Crippen LogP contribution in [-0.4, -0.2) is 14.4 Å². The molecule has 0 aromatic carbocycles. The van der Waals surface area contributed by atoms with Crippen molar-refractivity contribution in [2.45, 2.75) is 65.8 Å². The first kappa shape index (κ1) is 17.4. The summed E-state index contributed by atoms with van der Waals surface area (Å²) < 4.78 is 6.24. The van der Waals surface area contributed by atoms with Crippen LogP contribution in [0, 0.1) is 22.7 Å². The number of nitriles is 1. The number of nitrogens with zero attached hydrogens (tertiary/aromatic N) is 1. The molecule has 0 saturated heterocycles. The molecule has 0 unspecified atom stereocenters. The van der Waals surface area contributed by atoms with E-state index in [1.165, 1.54) is 0 Å². The summed E-state index contributed by atoms with van der Waals surface area (Å²) in [5.41, 5.74) is -0.00941. The summed E-state index contributed by atoms with van der Waals surface area (Å²) in [5, 5.41) is 9.54. The average Bonchev–Trinajstić information content (AvgIpc) is 2.12. The molecule has 0 aliphatic heterocycles. The summed E-state index contributed by atoms with van der Waals surface area (Å²) in [6, 6.07) is 2.33. The first-order valence-electron chi connectivity index (χ1n) is 6.57. The van der Waals surface area contributed by atoms with Crippen molar-refractivity contribution in [1.29, 1.82) is 5.26 Å². The van der Waals surface area contributed by atoms with E-state index in [-0.39, 0.29) is 16.4 Å². The van der Waals surface area contributed by atoms with Crippen LogP contribution in [0.3, 0.4) is 0 Å². The molecule has 104 valence electrons. The lowest BCUT2D eigenvalue weighted by molar-refractivity contribution is 0.121. The van der Waals surface area contributed by atoms with E-state index < -0.39 is 14.4 Å². The molecule has 0 heterocycles. The molecule has 0 radical (unpaired) electrons. The van der Waals surface area contributed by atoms with Gasteiger partial charge in [-0.2, -0.15) is 5.26 Å². The molecule has 0 spiro atoms. The Kier molecular flexibility index (Phi) is 5.40. The van der Waals surface area contributed by atoms with E-state index >= 15 is 0 Å². The van der Waals surface area contributed by atoms with Crippen molar-refractivity contribution >= 4 is 8.32 Å². The van der Waals surface area contributed by atoms with Crippen LogP contribution < -0.4 is 0 Å². The van der Waals surface area contributed by atoms with E-state index in [1.807, 2.05) is 6.08 Å². The fourth-order valence-corrected chi connectivity index (χ4v) is 2.79. The van der Waals surface area contributed by atoms with E-state index in [0.29, 0.717) is 0 Å². The Morgan fingerprint density at radius 2 is 1.61 bits per heavy atom. The molecule has 0 bridgehead atoms. The smallest absolute Gasteiger partial charge is 0.193 e. The normalized spacial score (nSPS) is 16.8. The van der Waals surface area contributed by atoms with Crippen LogP contribution in [0.2, 0.25) is 18.1 Å². The predicted molar refractivity (Wildman–Crippen MR) is 80.8 cm³/mol. The van der Waals surface area contributed by atoms with Crippen LogP contribution in [0.15, 0.2) is 12.7 Å². The molecule has 0 aromatic heterocycles. The highest BCUT2D eigenvalue weighted by atomic mass is 28.4. The van der Waals surface area contributed by atoms with E-state index in [1.54, 1.807) is 0 Å². The first-order valence-corrected chi connectivity index (χ1v) is 9.47. The summed E-state index contributed by atoms with van der Waals surface area (Å²) in [4.78, 5) is 0. The molecule has 18 heavy (non-hydrogen) atoms. The SMILES string of the molecule is C=C[C@@H]([C@H](C#N)O[Si](C)(C)C(C)(C)C)C(C)(C)C. The van der Waals surface area contributed by atoms with Gasteiger partial charge < -0.3 is 4.43 Å². The Hall–Kier alpha value is -0.593. The van der Waals surface area contributed by atoms with Crippen LogP contribution in [0.25, 0.3) is 0 Å². The molecule has 2 atom stereocenters. The molecule has 0 saturated carbocycles. The molecule has 0 aliphatic rings.